The highest BCUT2D eigenvalue weighted by atomic mass is 19.1. The molecule has 0 aliphatic carbocycles. The van der Waals surface area contributed by atoms with E-state index < -0.39 is 0 Å². The molecule has 4 rings (SSSR count). The number of aryl methyl sites for hydroxylation is 1. The molecule has 2 aromatic rings. The average molecular weight is 387 g/mol. The number of likely N-dealkylation sites (tertiary alicyclic amines) is 1. The van der Waals surface area contributed by atoms with Crippen LogP contribution in [0.1, 0.15) is 24.2 Å². The second-order valence-electron chi connectivity index (χ2n) is 7.58. The van der Waals surface area contributed by atoms with Crippen LogP contribution in [0.2, 0.25) is 0 Å². The number of piperidine rings is 1. The Labute approximate surface area is 164 Å². The number of hydrogen-bond donors (Lipinski definition) is 0. The van der Waals surface area contributed by atoms with Gasteiger partial charge in [0.05, 0.1) is 12.1 Å². The summed E-state index contributed by atoms with van der Waals surface area (Å²) in [7, 11) is 0. The molecule has 1 unspecified atom stereocenters. The maximum atomic E-state index is 14.0. The third-order valence-corrected chi connectivity index (χ3v) is 5.84. The van der Waals surface area contributed by atoms with Crippen molar-refractivity contribution in [1.82, 2.24) is 20.1 Å². The van der Waals surface area contributed by atoms with Gasteiger partial charge in [-0.05, 0) is 31.9 Å². The number of hydrogen-bond acceptors (Lipinski definition) is 6. The van der Waals surface area contributed by atoms with E-state index in [1.54, 1.807) is 13.0 Å². The van der Waals surface area contributed by atoms with Crippen molar-refractivity contribution in [3.63, 3.8) is 0 Å². The highest BCUT2D eigenvalue weighted by Crippen LogP contribution is 2.23. The molecule has 28 heavy (non-hydrogen) atoms. The molecule has 2 aliphatic heterocycles. The maximum Gasteiger partial charge on any atom is 0.228 e. The number of carbonyl (C=O) groups excluding carboxylic acids is 1. The lowest BCUT2D eigenvalue weighted by molar-refractivity contribution is -0.132. The van der Waals surface area contributed by atoms with Gasteiger partial charge in [0.2, 0.25) is 5.91 Å². The summed E-state index contributed by atoms with van der Waals surface area (Å²) in [6, 6.07) is 7.31. The molecule has 7 nitrogen and oxygen atoms in total. The van der Waals surface area contributed by atoms with Crippen LogP contribution >= 0.6 is 0 Å². The van der Waals surface area contributed by atoms with Crippen LogP contribution in [0.25, 0.3) is 0 Å². The zero-order chi connectivity index (χ0) is 19.5. The predicted octanol–water partition coefficient (Wildman–Crippen LogP) is 1.87. The summed E-state index contributed by atoms with van der Waals surface area (Å²) in [6.45, 7) is 6.69. The van der Waals surface area contributed by atoms with Crippen LogP contribution < -0.4 is 4.90 Å². The molecule has 0 spiro atoms. The fourth-order valence-corrected chi connectivity index (χ4v) is 4.18. The van der Waals surface area contributed by atoms with E-state index in [0.29, 0.717) is 23.1 Å². The van der Waals surface area contributed by atoms with Gasteiger partial charge in [-0.25, -0.2) is 9.02 Å². The van der Waals surface area contributed by atoms with E-state index in [9.17, 15) is 9.18 Å². The Morgan fingerprint density at radius 1 is 1.18 bits per heavy atom. The van der Waals surface area contributed by atoms with Gasteiger partial charge in [0.1, 0.15) is 17.2 Å². The smallest absolute Gasteiger partial charge is 0.228 e. The summed E-state index contributed by atoms with van der Waals surface area (Å²) in [5.74, 6) is -0.0866. The molecule has 0 radical (unpaired) electrons. The Bertz CT molecular complexity index is 818. The highest BCUT2D eigenvalue weighted by Gasteiger charge is 2.30. The van der Waals surface area contributed by atoms with Crippen LogP contribution in [0, 0.1) is 12.7 Å². The van der Waals surface area contributed by atoms with Crippen molar-refractivity contribution >= 4 is 11.6 Å². The van der Waals surface area contributed by atoms with Crippen molar-refractivity contribution in [2.75, 3.05) is 44.2 Å². The van der Waals surface area contributed by atoms with Crippen molar-refractivity contribution < 1.29 is 13.8 Å². The third kappa shape index (κ3) is 4.01. The number of para-hydroxylation sites is 1. The molecule has 2 fully saturated rings. The summed E-state index contributed by atoms with van der Waals surface area (Å²) in [5, 5.41) is 7.57. The molecule has 1 amide bonds. The monoisotopic (exact) mass is 387 g/mol. The zero-order valence-corrected chi connectivity index (χ0v) is 16.2. The second-order valence-corrected chi connectivity index (χ2v) is 7.58. The van der Waals surface area contributed by atoms with Crippen molar-refractivity contribution in [2.24, 2.45) is 0 Å². The van der Waals surface area contributed by atoms with Crippen molar-refractivity contribution in [1.29, 1.82) is 0 Å². The first kappa shape index (κ1) is 18.9. The molecule has 1 aromatic heterocycles. The molecule has 3 heterocycles. The van der Waals surface area contributed by atoms with Crippen LogP contribution in [0.5, 0.6) is 0 Å². The Morgan fingerprint density at radius 2 is 1.96 bits per heavy atom. The average Bonchev–Trinajstić information content (AvgIpc) is 3.13. The molecule has 8 heteroatoms. The molecule has 2 aliphatic rings. The number of amides is 1. The Hall–Kier alpha value is -2.48. The van der Waals surface area contributed by atoms with E-state index in [-0.39, 0.29) is 18.1 Å². The summed E-state index contributed by atoms with van der Waals surface area (Å²) in [4.78, 5) is 19.2. The standard InChI is InChI=1S/C20H26FN5O2/c1-15-18(23-28-22-15)13-20(27)26-8-4-5-16(14-26)24-9-11-25(12-10-24)19-7-3-2-6-17(19)21/h2-3,6-7,16H,4-5,8-14H2,1H3. The number of halogens is 1. The van der Waals surface area contributed by atoms with Gasteiger partial charge < -0.3 is 9.80 Å². The van der Waals surface area contributed by atoms with Crippen molar-refractivity contribution in [2.45, 2.75) is 32.2 Å². The van der Waals surface area contributed by atoms with Gasteiger partial charge in [0, 0.05) is 45.3 Å². The van der Waals surface area contributed by atoms with E-state index in [1.165, 1.54) is 6.07 Å². The van der Waals surface area contributed by atoms with Crippen molar-refractivity contribution in [3.05, 3.63) is 41.5 Å². The molecular formula is C20H26FN5O2. The van der Waals surface area contributed by atoms with Crippen LogP contribution in [0.3, 0.4) is 0 Å². The van der Waals surface area contributed by atoms with Crippen LogP contribution in [0.4, 0.5) is 10.1 Å². The minimum atomic E-state index is -0.164. The molecule has 1 atom stereocenters. The van der Waals surface area contributed by atoms with Gasteiger partial charge in [0.15, 0.2) is 0 Å². The molecular weight excluding hydrogens is 361 g/mol. The van der Waals surface area contributed by atoms with Gasteiger partial charge in [-0.3, -0.25) is 9.69 Å². The summed E-state index contributed by atoms with van der Waals surface area (Å²) in [5.41, 5.74) is 1.97. The third-order valence-electron chi connectivity index (χ3n) is 5.84. The number of carbonyl (C=O) groups is 1. The quantitative estimate of drug-likeness (QED) is 0.798. The molecule has 150 valence electrons. The fourth-order valence-electron chi connectivity index (χ4n) is 4.18. The topological polar surface area (TPSA) is 65.7 Å². The zero-order valence-electron chi connectivity index (χ0n) is 16.2. The number of piperazine rings is 1. The van der Waals surface area contributed by atoms with E-state index in [2.05, 4.69) is 20.1 Å². The minimum absolute atomic E-state index is 0.0773. The van der Waals surface area contributed by atoms with Gasteiger partial charge in [-0.15, -0.1) is 0 Å². The maximum absolute atomic E-state index is 14.0. The molecule has 0 saturated carbocycles. The summed E-state index contributed by atoms with van der Waals surface area (Å²) in [6.07, 6.45) is 2.33. The molecule has 2 saturated heterocycles. The molecule has 0 bridgehead atoms. The minimum Gasteiger partial charge on any atom is -0.367 e. The van der Waals surface area contributed by atoms with Gasteiger partial charge in [-0.2, -0.15) is 0 Å². The van der Waals surface area contributed by atoms with Crippen LogP contribution in [-0.2, 0) is 11.2 Å². The Morgan fingerprint density at radius 3 is 2.68 bits per heavy atom. The Kier molecular flexibility index (Phi) is 5.57. The first-order valence-electron chi connectivity index (χ1n) is 9.91. The fraction of sp³-hybridized carbons (Fsp3) is 0.550. The largest absolute Gasteiger partial charge is 0.367 e. The molecule has 0 N–H and O–H groups in total. The van der Waals surface area contributed by atoms with Gasteiger partial charge >= 0.3 is 0 Å². The van der Waals surface area contributed by atoms with E-state index in [4.69, 9.17) is 4.63 Å². The lowest BCUT2D eigenvalue weighted by Gasteiger charge is -2.44. The number of rotatable bonds is 4. The number of nitrogens with zero attached hydrogens (tertiary/aromatic N) is 5. The SMILES string of the molecule is Cc1nonc1CC(=O)N1CCCC(N2CCN(c3ccccc3F)CC2)C1. The number of anilines is 1. The van der Waals surface area contributed by atoms with Crippen molar-refractivity contribution in [3.8, 4) is 0 Å². The highest BCUT2D eigenvalue weighted by molar-refractivity contribution is 5.78. The summed E-state index contributed by atoms with van der Waals surface area (Å²) >= 11 is 0. The van der Waals surface area contributed by atoms with Gasteiger partial charge in [-0.1, -0.05) is 22.4 Å². The number of aromatic nitrogens is 2. The van der Waals surface area contributed by atoms with Crippen LogP contribution in [0.15, 0.2) is 28.9 Å². The van der Waals surface area contributed by atoms with E-state index in [0.717, 1.165) is 52.1 Å². The first-order valence-corrected chi connectivity index (χ1v) is 9.91. The Balaban J connectivity index is 1.32. The van der Waals surface area contributed by atoms with Crippen LogP contribution in [-0.4, -0.2) is 71.3 Å². The van der Waals surface area contributed by atoms with Gasteiger partial charge in [0.25, 0.3) is 0 Å². The number of benzene rings is 1. The van der Waals surface area contributed by atoms with E-state index in [1.807, 2.05) is 17.0 Å². The second kappa shape index (κ2) is 8.26. The lowest BCUT2D eigenvalue weighted by atomic mass is 10.0. The lowest BCUT2D eigenvalue weighted by Crippen LogP contribution is -2.56. The normalized spacial score (nSPS) is 21.1. The first-order chi connectivity index (χ1) is 13.6. The molecule has 1 aromatic carbocycles. The summed E-state index contributed by atoms with van der Waals surface area (Å²) < 4.78 is 18.7. The van der Waals surface area contributed by atoms with E-state index >= 15 is 0 Å². The predicted molar refractivity (Wildman–Crippen MR) is 103 cm³/mol.